The topological polar surface area (TPSA) is 12.0 Å². The molecule has 0 aromatic carbocycles. The van der Waals surface area contributed by atoms with E-state index in [-0.39, 0.29) is 0 Å². The summed E-state index contributed by atoms with van der Waals surface area (Å²) in [6.45, 7) is 13.9. The second kappa shape index (κ2) is 7.56. The molecule has 0 fully saturated rings. The van der Waals surface area contributed by atoms with Crippen LogP contribution in [0.3, 0.4) is 0 Å². The summed E-state index contributed by atoms with van der Waals surface area (Å²) in [5.41, 5.74) is 0.456. The fourth-order valence-corrected chi connectivity index (χ4v) is 2.23. The van der Waals surface area contributed by atoms with Gasteiger partial charge in [-0.1, -0.05) is 34.6 Å². The van der Waals surface area contributed by atoms with E-state index in [9.17, 15) is 0 Å². The highest BCUT2D eigenvalue weighted by atomic mass is 32.2. The molecule has 1 atom stereocenters. The smallest absolute Gasteiger partial charge is 0.000802 e. The summed E-state index contributed by atoms with van der Waals surface area (Å²) < 4.78 is 0. The SMILES string of the molecule is CSCCC(C)(CNCC(C)C)C(C)C. The van der Waals surface area contributed by atoms with Crippen molar-refractivity contribution in [1.82, 2.24) is 5.32 Å². The Labute approximate surface area is 101 Å². The largest absolute Gasteiger partial charge is 0.316 e. The van der Waals surface area contributed by atoms with E-state index in [1.54, 1.807) is 0 Å². The van der Waals surface area contributed by atoms with E-state index < -0.39 is 0 Å². The first-order valence-electron chi connectivity index (χ1n) is 6.12. The second-order valence-electron chi connectivity index (χ2n) is 5.58. The van der Waals surface area contributed by atoms with Crippen molar-refractivity contribution in [3.63, 3.8) is 0 Å². The molecule has 1 nitrogen and oxygen atoms in total. The molecule has 0 aliphatic rings. The maximum Gasteiger partial charge on any atom is 0.000802 e. The van der Waals surface area contributed by atoms with E-state index in [0.29, 0.717) is 5.41 Å². The lowest BCUT2D eigenvalue weighted by Gasteiger charge is -2.34. The summed E-state index contributed by atoms with van der Waals surface area (Å²) in [6.07, 6.45) is 3.51. The minimum Gasteiger partial charge on any atom is -0.316 e. The van der Waals surface area contributed by atoms with E-state index in [2.05, 4.69) is 46.2 Å². The van der Waals surface area contributed by atoms with Gasteiger partial charge in [-0.05, 0) is 42.2 Å². The zero-order valence-corrected chi connectivity index (χ0v) is 12.2. The van der Waals surface area contributed by atoms with Crippen LogP contribution in [0.1, 0.15) is 41.0 Å². The molecule has 0 heterocycles. The summed E-state index contributed by atoms with van der Waals surface area (Å²) in [6, 6.07) is 0. The third kappa shape index (κ3) is 6.47. The minimum atomic E-state index is 0.456. The van der Waals surface area contributed by atoms with Crippen molar-refractivity contribution in [1.29, 1.82) is 0 Å². The number of nitrogens with one attached hydrogen (secondary N) is 1. The lowest BCUT2D eigenvalue weighted by atomic mass is 9.76. The van der Waals surface area contributed by atoms with Crippen molar-refractivity contribution in [2.45, 2.75) is 41.0 Å². The predicted molar refractivity (Wildman–Crippen MR) is 73.7 cm³/mol. The van der Waals surface area contributed by atoms with Gasteiger partial charge in [0.15, 0.2) is 0 Å². The molecule has 15 heavy (non-hydrogen) atoms. The minimum absolute atomic E-state index is 0.456. The van der Waals surface area contributed by atoms with Gasteiger partial charge in [-0.3, -0.25) is 0 Å². The normalized spacial score (nSPS) is 16.0. The van der Waals surface area contributed by atoms with Crippen molar-refractivity contribution in [2.24, 2.45) is 17.3 Å². The van der Waals surface area contributed by atoms with Crippen LogP contribution in [0, 0.1) is 17.3 Å². The zero-order chi connectivity index (χ0) is 11.9. The molecule has 0 radical (unpaired) electrons. The van der Waals surface area contributed by atoms with Gasteiger partial charge >= 0.3 is 0 Å². The molecular weight excluding hydrogens is 202 g/mol. The van der Waals surface area contributed by atoms with Crippen molar-refractivity contribution >= 4 is 11.8 Å². The summed E-state index contributed by atoms with van der Waals surface area (Å²) in [7, 11) is 0. The summed E-state index contributed by atoms with van der Waals surface area (Å²) >= 11 is 1.96. The maximum atomic E-state index is 3.61. The van der Waals surface area contributed by atoms with Crippen LogP contribution in [-0.4, -0.2) is 25.1 Å². The predicted octanol–water partition coefficient (Wildman–Crippen LogP) is 3.65. The van der Waals surface area contributed by atoms with Gasteiger partial charge in [-0.2, -0.15) is 11.8 Å². The molecule has 92 valence electrons. The van der Waals surface area contributed by atoms with Crippen LogP contribution < -0.4 is 5.32 Å². The Morgan fingerprint density at radius 2 is 1.80 bits per heavy atom. The van der Waals surface area contributed by atoms with Crippen molar-refractivity contribution in [2.75, 3.05) is 25.1 Å². The first-order chi connectivity index (χ1) is 6.92. The van der Waals surface area contributed by atoms with E-state index in [0.717, 1.165) is 24.9 Å². The molecule has 0 bridgehead atoms. The average Bonchev–Trinajstić information content (AvgIpc) is 2.14. The molecule has 0 aromatic heterocycles. The standard InChI is InChI=1S/C13H29NS/c1-11(2)9-14-10-13(5,12(3)4)7-8-15-6/h11-12,14H,7-10H2,1-6H3. The molecular formula is C13H29NS. The van der Waals surface area contributed by atoms with Gasteiger partial charge in [0.1, 0.15) is 0 Å². The Morgan fingerprint density at radius 3 is 2.20 bits per heavy atom. The molecule has 1 unspecified atom stereocenters. The third-order valence-corrected chi connectivity index (χ3v) is 3.96. The highest BCUT2D eigenvalue weighted by Crippen LogP contribution is 2.31. The molecule has 0 saturated heterocycles. The van der Waals surface area contributed by atoms with E-state index in [1.807, 2.05) is 11.8 Å². The number of hydrogen-bond acceptors (Lipinski definition) is 2. The Hall–Kier alpha value is 0.310. The first-order valence-corrected chi connectivity index (χ1v) is 7.51. The Morgan fingerprint density at radius 1 is 1.20 bits per heavy atom. The van der Waals surface area contributed by atoms with E-state index in [1.165, 1.54) is 12.2 Å². The molecule has 0 rings (SSSR count). The van der Waals surface area contributed by atoms with Crippen LogP contribution in [0.2, 0.25) is 0 Å². The van der Waals surface area contributed by atoms with Gasteiger partial charge in [-0.25, -0.2) is 0 Å². The third-order valence-electron chi connectivity index (χ3n) is 3.35. The van der Waals surface area contributed by atoms with Gasteiger partial charge in [0.25, 0.3) is 0 Å². The van der Waals surface area contributed by atoms with Crippen LogP contribution in [0.5, 0.6) is 0 Å². The van der Waals surface area contributed by atoms with Gasteiger partial charge in [0, 0.05) is 6.54 Å². The Kier molecular flexibility index (Phi) is 7.72. The fraction of sp³-hybridized carbons (Fsp3) is 1.00. The van der Waals surface area contributed by atoms with Gasteiger partial charge in [0.05, 0.1) is 0 Å². The second-order valence-corrected chi connectivity index (χ2v) is 6.56. The molecule has 0 aliphatic carbocycles. The molecule has 0 aromatic rings. The van der Waals surface area contributed by atoms with Crippen LogP contribution in [0.4, 0.5) is 0 Å². The Balaban J connectivity index is 4.01. The van der Waals surface area contributed by atoms with Crippen molar-refractivity contribution < 1.29 is 0 Å². The summed E-state index contributed by atoms with van der Waals surface area (Å²) in [5, 5.41) is 3.61. The van der Waals surface area contributed by atoms with Gasteiger partial charge < -0.3 is 5.32 Å². The first kappa shape index (κ1) is 15.3. The fourth-order valence-electron chi connectivity index (χ4n) is 1.56. The van der Waals surface area contributed by atoms with Crippen LogP contribution >= 0.6 is 11.8 Å². The van der Waals surface area contributed by atoms with Gasteiger partial charge in [-0.15, -0.1) is 0 Å². The molecule has 0 aliphatic heterocycles. The monoisotopic (exact) mass is 231 g/mol. The number of rotatable bonds is 8. The molecule has 0 spiro atoms. The lowest BCUT2D eigenvalue weighted by Crippen LogP contribution is -2.38. The highest BCUT2D eigenvalue weighted by molar-refractivity contribution is 7.98. The van der Waals surface area contributed by atoms with E-state index >= 15 is 0 Å². The molecule has 0 saturated carbocycles. The zero-order valence-electron chi connectivity index (χ0n) is 11.4. The molecule has 0 amide bonds. The van der Waals surface area contributed by atoms with Crippen LogP contribution in [0.15, 0.2) is 0 Å². The van der Waals surface area contributed by atoms with Crippen LogP contribution in [-0.2, 0) is 0 Å². The number of hydrogen-bond donors (Lipinski definition) is 1. The van der Waals surface area contributed by atoms with Crippen LogP contribution in [0.25, 0.3) is 0 Å². The summed E-state index contributed by atoms with van der Waals surface area (Å²) in [5.74, 6) is 2.78. The quantitative estimate of drug-likeness (QED) is 0.684. The average molecular weight is 231 g/mol. The summed E-state index contributed by atoms with van der Waals surface area (Å²) in [4.78, 5) is 0. The molecule has 1 N–H and O–H groups in total. The van der Waals surface area contributed by atoms with Gasteiger partial charge in [0.2, 0.25) is 0 Å². The van der Waals surface area contributed by atoms with Crippen molar-refractivity contribution in [3.8, 4) is 0 Å². The van der Waals surface area contributed by atoms with Crippen molar-refractivity contribution in [3.05, 3.63) is 0 Å². The Bertz CT molecular complexity index is 157. The highest BCUT2D eigenvalue weighted by Gasteiger charge is 2.27. The number of thioether (sulfide) groups is 1. The molecule has 2 heteroatoms. The lowest BCUT2D eigenvalue weighted by molar-refractivity contribution is 0.200. The van der Waals surface area contributed by atoms with E-state index in [4.69, 9.17) is 0 Å². The maximum absolute atomic E-state index is 3.61.